The van der Waals surface area contributed by atoms with Gasteiger partial charge in [-0.25, -0.2) is 4.99 Å². The number of para-hydroxylation sites is 1. The molecular formula is C10H8N2O. The average molecular weight is 172 g/mol. The maximum atomic E-state index is 5.37. The Morgan fingerprint density at radius 3 is 3.23 bits per heavy atom. The Labute approximate surface area is 75.3 Å². The van der Waals surface area contributed by atoms with Gasteiger partial charge in [0.15, 0.2) is 6.73 Å². The first-order chi connectivity index (χ1) is 6.45. The first-order valence-electron chi connectivity index (χ1n) is 4.18. The summed E-state index contributed by atoms with van der Waals surface area (Å²) >= 11 is 0. The second-order valence-corrected chi connectivity index (χ2v) is 2.98. The highest BCUT2D eigenvalue weighted by molar-refractivity contribution is 5.89. The van der Waals surface area contributed by atoms with Gasteiger partial charge in [0.2, 0.25) is 5.88 Å². The van der Waals surface area contributed by atoms with Crippen LogP contribution in [-0.2, 0) is 0 Å². The molecule has 2 heterocycles. The molecule has 2 aromatic rings. The van der Waals surface area contributed by atoms with E-state index in [1.165, 1.54) is 5.39 Å². The monoisotopic (exact) mass is 172 g/mol. The van der Waals surface area contributed by atoms with Crippen LogP contribution in [0, 0.1) is 0 Å². The molecule has 0 atom stereocenters. The van der Waals surface area contributed by atoms with Crippen LogP contribution in [0.15, 0.2) is 35.3 Å². The minimum atomic E-state index is 0.427. The maximum absolute atomic E-state index is 5.37. The number of aliphatic imine (C=N–C) groups is 1. The number of fused-ring (bicyclic) bond motifs is 3. The molecule has 0 saturated carbocycles. The van der Waals surface area contributed by atoms with Crippen molar-refractivity contribution in [3.8, 4) is 5.88 Å². The van der Waals surface area contributed by atoms with Crippen molar-refractivity contribution in [2.45, 2.75) is 0 Å². The average Bonchev–Trinajstić information content (AvgIpc) is 2.56. The van der Waals surface area contributed by atoms with E-state index in [1.54, 1.807) is 6.34 Å². The fourth-order valence-electron chi connectivity index (χ4n) is 1.60. The Morgan fingerprint density at radius 1 is 1.31 bits per heavy atom. The lowest BCUT2D eigenvalue weighted by Gasteiger charge is -2.09. The van der Waals surface area contributed by atoms with Crippen LogP contribution in [0.5, 0.6) is 5.88 Å². The van der Waals surface area contributed by atoms with Crippen molar-refractivity contribution in [1.29, 1.82) is 0 Å². The van der Waals surface area contributed by atoms with Crippen LogP contribution in [0.3, 0.4) is 0 Å². The highest BCUT2D eigenvalue weighted by Gasteiger charge is 2.09. The summed E-state index contributed by atoms with van der Waals surface area (Å²) in [6.45, 7) is 0.427. The van der Waals surface area contributed by atoms with E-state index in [9.17, 15) is 0 Å². The van der Waals surface area contributed by atoms with Crippen molar-refractivity contribution in [3.63, 3.8) is 0 Å². The van der Waals surface area contributed by atoms with Gasteiger partial charge in [-0.3, -0.25) is 4.57 Å². The summed E-state index contributed by atoms with van der Waals surface area (Å²) in [5.41, 5.74) is 1.14. The first kappa shape index (κ1) is 6.71. The van der Waals surface area contributed by atoms with Crippen LogP contribution in [0.25, 0.3) is 10.9 Å². The molecule has 1 aliphatic rings. The topological polar surface area (TPSA) is 26.5 Å². The van der Waals surface area contributed by atoms with E-state index in [-0.39, 0.29) is 0 Å². The summed E-state index contributed by atoms with van der Waals surface area (Å²) in [5.74, 6) is 0.871. The molecule has 3 nitrogen and oxygen atoms in total. The fourth-order valence-corrected chi connectivity index (χ4v) is 1.60. The molecule has 64 valence electrons. The van der Waals surface area contributed by atoms with Gasteiger partial charge in [0.1, 0.15) is 6.34 Å². The van der Waals surface area contributed by atoms with Gasteiger partial charge in [-0.05, 0) is 6.07 Å². The van der Waals surface area contributed by atoms with Gasteiger partial charge in [0, 0.05) is 11.5 Å². The van der Waals surface area contributed by atoms with Crippen molar-refractivity contribution in [1.82, 2.24) is 4.57 Å². The van der Waals surface area contributed by atoms with Gasteiger partial charge < -0.3 is 4.74 Å². The summed E-state index contributed by atoms with van der Waals surface area (Å²) in [4.78, 5) is 4.06. The summed E-state index contributed by atoms with van der Waals surface area (Å²) < 4.78 is 7.33. The number of hydrogen-bond donors (Lipinski definition) is 0. The molecule has 1 aliphatic heterocycles. The van der Waals surface area contributed by atoms with Crippen molar-refractivity contribution < 1.29 is 4.74 Å². The normalized spacial score (nSPS) is 14.2. The minimum Gasteiger partial charge on any atom is -0.456 e. The van der Waals surface area contributed by atoms with E-state index >= 15 is 0 Å². The van der Waals surface area contributed by atoms with E-state index in [4.69, 9.17) is 4.74 Å². The number of rotatable bonds is 0. The summed E-state index contributed by atoms with van der Waals surface area (Å²) in [6, 6.07) is 10.2. The van der Waals surface area contributed by atoms with Gasteiger partial charge in [0.25, 0.3) is 0 Å². The van der Waals surface area contributed by atoms with Crippen LogP contribution >= 0.6 is 0 Å². The molecule has 0 aliphatic carbocycles. The predicted octanol–water partition coefficient (Wildman–Crippen LogP) is 1.87. The molecule has 0 amide bonds. The zero-order chi connectivity index (χ0) is 8.67. The second kappa shape index (κ2) is 2.36. The van der Waals surface area contributed by atoms with Crippen molar-refractivity contribution >= 4 is 17.2 Å². The smallest absolute Gasteiger partial charge is 0.202 e. The zero-order valence-corrected chi connectivity index (χ0v) is 6.97. The lowest BCUT2D eigenvalue weighted by atomic mass is 10.2. The first-order valence-corrected chi connectivity index (χ1v) is 4.18. The minimum absolute atomic E-state index is 0.427. The van der Waals surface area contributed by atoms with Crippen molar-refractivity contribution in [3.05, 3.63) is 30.3 Å². The number of benzene rings is 1. The van der Waals surface area contributed by atoms with Crippen LogP contribution in [0.4, 0.5) is 0 Å². The fraction of sp³-hybridized carbons (Fsp3) is 0.100. The molecule has 0 bridgehead atoms. The summed E-state index contributed by atoms with van der Waals surface area (Å²) in [6.07, 6.45) is 1.81. The van der Waals surface area contributed by atoms with E-state index in [0.29, 0.717) is 6.73 Å². The van der Waals surface area contributed by atoms with Gasteiger partial charge in [-0.15, -0.1) is 0 Å². The Morgan fingerprint density at radius 2 is 2.23 bits per heavy atom. The predicted molar refractivity (Wildman–Crippen MR) is 51.3 cm³/mol. The van der Waals surface area contributed by atoms with Crippen LogP contribution in [0.2, 0.25) is 0 Å². The highest BCUT2D eigenvalue weighted by Crippen LogP contribution is 2.25. The molecule has 3 rings (SSSR count). The van der Waals surface area contributed by atoms with Crippen LogP contribution in [0.1, 0.15) is 0 Å². The van der Waals surface area contributed by atoms with Crippen molar-refractivity contribution in [2.75, 3.05) is 6.73 Å². The molecule has 3 heteroatoms. The quantitative estimate of drug-likeness (QED) is 0.595. The third-order valence-electron chi connectivity index (χ3n) is 2.20. The number of hydrogen-bond acceptors (Lipinski definition) is 2. The Bertz CT molecular complexity index is 485. The molecule has 0 radical (unpaired) electrons. The Balaban J connectivity index is 2.42. The largest absolute Gasteiger partial charge is 0.456 e. The molecule has 1 aromatic carbocycles. The van der Waals surface area contributed by atoms with E-state index in [1.807, 2.05) is 22.8 Å². The second-order valence-electron chi connectivity index (χ2n) is 2.98. The molecule has 13 heavy (non-hydrogen) atoms. The van der Waals surface area contributed by atoms with Gasteiger partial charge in [-0.2, -0.15) is 0 Å². The third kappa shape index (κ3) is 0.869. The van der Waals surface area contributed by atoms with Crippen LogP contribution in [-0.4, -0.2) is 17.6 Å². The summed E-state index contributed by atoms with van der Waals surface area (Å²) in [5, 5.41) is 1.19. The molecule has 0 N–H and O–H groups in total. The molecule has 0 spiro atoms. The third-order valence-corrected chi connectivity index (χ3v) is 2.20. The molecule has 0 fully saturated rings. The Kier molecular flexibility index (Phi) is 1.22. The highest BCUT2D eigenvalue weighted by atomic mass is 16.5. The van der Waals surface area contributed by atoms with Gasteiger partial charge in [0.05, 0.1) is 5.52 Å². The van der Waals surface area contributed by atoms with E-state index < -0.39 is 0 Å². The van der Waals surface area contributed by atoms with Crippen molar-refractivity contribution in [2.24, 2.45) is 4.99 Å². The number of nitrogens with zero attached hydrogens (tertiary/aromatic N) is 2. The lowest BCUT2D eigenvalue weighted by Crippen LogP contribution is -2.08. The number of ether oxygens (including phenoxy) is 1. The summed E-state index contributed by atoms with van der Waals surface area (Å²) in [7, 11) is 0. The zero-order valence-electron chi connectivity index (χ0n) is 6.97. The standard InChI is InChI=1S/C10H8N2O/c1-2-4-9-8(3-1)5-10-12(9)6-11-7-13-10/h1-6H,7H2. The van der Waals surface area contributed by atoms with Crippen LogP contribution < -0.4 is 4.74 Å². The van der Waals surface area contributed by atoms with E-state index in [0.717, 1.165) is 11.4 Å². The lowest BCUT2D eigenvalue weighted by molar-refractivity contribution is 0.307. The molecule has 0 unspecified atom stereocenters. The van der Waals surface area contributed by atoms with Gasteiger partial charge in [-0.1, -0.05) is 18.2 Å². The molecular weight excluding hydrogens is 164 g/mol. The Hall–Kier alpha value is -1.77. The maximum Gasteiger partial charge on any atom is 0.202 e. The van der Waals surface area contributed by atoms with E-state index in [2.05, 4.69) is 17.1 Å². The number of aromatic nitrogens is 1. The molecule has 1 aromatic heterocycles. The SMILES string of the molecule is C1=NCOc2cc3ccccc3n21. The van der Waals surface area contributed by atoms with Gasteiger partial charge >= 0.3 is 0 Å². The molecule has 0 saturated heterocycles.